The molecule has 0 radical (unpaired) electrons. The first-order valence-electron chi connectivity index (χ1n) is 6.79. The Morgan fingerprint density at radius 2 is 2.05 bits per heavy atom. The largest absolute Gasteiger partial charge is 0.338 e. The van der Waals surface area contributed by atoms with Gasteiger partial charge in [0, 0.05) is 35.9 Å². The molecule has 104 valence electrons. The predicted octanol–water partition coefficient (Wildman–Crippen LogP) is 2.88. The van der Waals surface area contributed by atoms with Gasteiger partial charge in [-0.25, -0.2) is 0 Å². The highest BCUT2D eigenvalue weighted by Gasteiger charge is 2.27. The van der Waals surface area contributed by atoms with E-state index in [1.807, 2.05) is 23.1 Å². The van der Waals surface area contributed by atoms with Crippen LogP contribution in [0.3, 0.4) is 0 Å². The van der Waals surface area contributed by atoms with E-state index in [9.17, 15) is 4.79 Å². The average molecular weight is 334 g/mol. The number of aromatic nitrogens is 2. The summed E-state index contributed by atoms with van der Waals surface area (Å²) in [4.78, 5) is 23.5. The van der Waals surface area contributed by atoms with Gasteiger partial charge in [0.1, 0.15) is 0 Å². The zero-order valence-electron chi connectivity index (χ0n) is 11.3. The van der Waals surface area contributed by atoms with E-state index in [1.54, 1.807) is 12.4 Å². The Bertz CT molecular complexity index is 646. The van der Waals surface area contributed by atoms with E-state index in [0.29, 0.717) is 16.3 Å². The van der Waals surface area contributed by atoms with E-state index in [0.717, 1.165) is 30.5 Å². The lowest BCUT2D eigenvalue weighted by Crippen LogP contribution is -2.43. The maximum Gasteiger partial charge on any atom is 0.253 e. The molecule has 2 aromatic rings. The van der Waals surface area contributed by atoms with Crippen LogP contribution in [0.4, 0.5) is 0 Å². The van der Waals surface area contributed by atoms with Crippen molar-refractivity contribution in [2.45, 2.75) is 18.2 Å². The number of likely N-dealkylation sites (tertiary alicyclic amines) is 1. The third-order valence-electron chi connectivity index (χ3n) is 3.80. The summed E-state index contributed by atoms with van der Waals surface area (Å²) in [6, 6.07) is 5.52. The monoisotopic (exact) mass is 333 g/mol. The van der Waals surface area contributed by atoms with Crippen molar-refractivity contribution in [2.75, 3.05) is 13.1 Å². The molecule has 0 saturated carbocycles. The number of halogens is 1. The lowest BCUT2D eigenvalue weighted by atomic mass is 9.99. The number of alkyl halides is 1. The quantitative estimate of drug-likeness (QED) is 0.754. The predicted molar refractivity (Wildman–Crippen MR) is 81.9 cm³/mol. The highest BCUT2D eigenvalue weighted by atomic mass is 79.9. The molecule has 1 saturated heterocycles. The van der Waals surface area contributed by atoms with Crippen LogP contribution in [0.5, 0.6) is 0 Å². The molecule has 1 aliphatic heterocycles. The van der Waals surface area contributed by atoms with Gasteiger partial charge in [-0.2, -0.15) is 0 Å². The molecule has 1 aliphatic rings. The van der Waals surface area contributed by atoms with E-state index < -0.39 is 0 Å². The molecule has 1 fully saturated rings. The minimum absolute atomic E-state index is 0.0869. The average Bonchev–Trinajstić information content (AvgIpc) is 2.49. The number of fused-ring (bicyclic) bond motifs is 1. The number of amides is 1. The van der Waals surface area contributed by atoms with Crippen LogP contribution in [-0.4, -0.2) is 38.7 Å². The van der Waals surface area contributed by atoms with Crippen molar-refractivity contribution >= 4 is 32.9 Å². The molecule has 1 aromatic carbocycles. The second kappa shape index (κ2) is 5.48. The van der Waals surface area contributed by atoms with Gasteiger partial charge in [-0.3, -0.25) is 14.8 Å². The van der Waals surface area contributed by atoms with Crippen molar-refractivity contribution in [3.8, 4) is 0 Å². The Labute approximate surface area is 126 Å². The van der Waals surface area contributed by atoms with Gasteiger partial charge in [0.15, 0.2) is 0 Å². The van der Waals surface area contributed by atoms with E-state index in [-0.39, 0.29) is 5.91 Å². The number of hydrogen-bond acceptors (Lipinski definition) is 3. The third kappa shape index (κ3) is 2.54. The van der Waals surface area contributed by atoms with Gasteiger partial charge in [0.25, 0.3) is 5.91 Å². The molecule has 0 bridgehead atoms. The molecule has 2 heterocycles. The minimum atomic E-state index is 0.0869. The number of carbonyl (C=O) groups is 1. The Morgan fingerprint density at radius 3 is 2.80 bits per heavy atom. The molecule has 20 heavy (non-hydrogen) atoms. The standard InChI is InChI=1S/C15H16BrN3O/c1-10-9-19(7-4-12(10)16)15(20)11-2-3-13-14(8-11)18-6-5-17-13/h2-3,5-6,8,10,12H,4,7,9H2,1H3. The van der Waals surface area contributed by atoms with E-state index in [1.165, 1.54) is 0 Å². The van der Waals surface area contributed by atoms with Crippen LogP contribution in [-0.2, 0) is 0 Å². The van der Waals surface area contributed by atoms with Crippen molar-refractivity contribution < 1.29 is 4.79 Å². The molecule has 0 aliphatic carbocycles. The Hall–Kier alpha value is -1.49. The number of rotatable bonds is 1. The van der Waals surface area contributed by atoms with Crippen LogP contribution < -0.4 is 0 Å². The van der Waals surface area contributed by atoms with Gasteiger partial charge in [0.05, 0.1) is 11.0 Å². The van der Waals surface area contributed by atoms with Crippen molar-refractivity contribution in [3.05, 3.63) is 36.2 Å². The van der Waals surface area contributed by atoms with Gasteiger partial charge >= 0.3 is 0 Å². The first-order valence-corrected chi connectivity index (χ1v) is 7.71. The van der Waals surface area contributed by atoms with Crippen LogP contribution in [0, 0.1) is 5.92 Å². The Balaban J connectivity index is 1.85. The molecule has 2 atom stereocenters. The van der Waals surface area contributed by atoms with Gasteiger partial charge in [-0.15, -0.1) is 0 Å². The zero-order valence-corrected chi connectivity index (χ0v) is 12.9. The summed E-state index contributed by atoms with van der Waals surface area (Å²) in [7, 11) is 0. The molecule has 1 aromatic heterocycles. The normalized spacial score (nSPS) is 23.0. The maximum absolute atomic E-state index is 12.6. The lowest BCUT2D eigenvalue weighted by molar-refractivity contribution is 0.0690. The number of carbonyl (C=O) groups excluding carboxylic acids is 1. The molecular weight excluding hydrogens is 318 g/mol. The summed E-state index contributed by atoms with van der Waals surface area (Å²) in [6.45, 7) is 3.77. The van der Waals surface area contributed by atoms with Crippen molar-refractivity contribution in [2.24, 2.45) is 5.92 Å². The van der Waals surface area contributed by atoms with Crippen LogP contribution in [0.25, 0.3) is 11.0 Å². The van der Waals surface area contributed by atoms with Gasteiger partial charge in [-0.1, -0.05) is 22.9 Å². The van der Waals surface area contributed by atoms with E-state index >= 15 is 0 Å². The fraction of sp³-hybridized carbons (Fsp3) is 0.400. The number of piperidine rings is 1. The van der Waals surface area contributed by atoms with Crippen molar-refractivity contribution in [3.63, 3.8) is 0 Å². The zero-order chi connectivity index (χ0) is 14.1. The fourth-order valence-corrected chi connectivity index (χ4v) is 2.95. The third-order valence-corrected chi connectivity index (χ3v) is 5.16. The first-order chi connectivity index (χ1) is 9.65. The second-order valence-electron chi connectivity index (χ2n) is 5.29. The lowest BCUT2D eigenvalue weighted by Gasteiger charge is -2.34. The molecule has 5 heteroatoms. The highest BCUT2D eigenvalue weighted by Crippen LogP contribution is 2.24. The van der Waals surface area contributed by atoms with E-state index in [2.05, 4.69) is 32.8 Å². The van der Waals surface area contributed by atoms with Crippen molar-refractivity contribution in [1.29, 1.82) is 0 Å². The van der Waals surface area contributed by atoms with Crippen LogP contribution in [0.1, 0.15) is 23.7 Å². The molecular formula is C15H16BrN3O. The number of hydrogen-bond donors (Lipinski definition) is 0. The molecule has 4 nitrogen and oxygen atoms in total. The summed E-state index contributed by atoms with van der Waals surface area (Å²) >= 11 is 3.66. The van der Waals surface area contributed by atoms with Gasteiger partial charge in [0.2, 0.25) is 0 Å². The summed E-state index contributed by atoms with van der Waals surface area (Å²) in [5.74, 6) is 0.566. The number of nitrogens with zero attached hydrogens (tertiary/aromatic N) is 3. The molecule has 0 N–H and O–H groups in total. The number of benzene rings is 1. The van der Waals surface area contributed by atoms with Crippen LogP contribution >= 0.6 is 15.9 Å². The van der Waals surface area contributed by atoms with E-state index in [4.69, 9.17) is 0 Å². The molecule has 2 unspecified atom stereocenters. The van der Waals surface area contributed by atoms with Crippen molar-refractivity contribution in [1.82, 2.24) is 14.9 Å². The molecule has 3 rings (SSSR count). The topological polar surface area (TPSA) is 46.1 Å². The second-order valence-corrected chi connectivity index (χ2v) is 6.47. The smallest absolute Gasteiger partial charge is 0.253 e. The molecule has 0 spiro atoms. The summed E-state index contributed by atoms with van der Waals surface area (Å²) in [5, 5.41) is 0. The van der Waals surface area contributed by atoms with Gasteiger partial charge in [-0.05, 0) is 30.5 Å². The Morgan fingerprint density at radius 1 is 1.30 bits per heavy atom. The fourth-order valence-electron chi connectivity index (χ4n) is 2.58. The van der Waals surface area contributed by atoms with Gasteiger partial charge < -0.3 is 4.90 Å². The first kappa shape index (κ1) is 13.5. The summed E-state index contributed by atoms with van der Waals surface area (Å²) in [5.41, 5.74) is 2.27. The maximum atomic E-state index is 12.6. The van der Waals surface area contributed by atoms with Crippen LogP contribution in [0.15, 0.2) is 30.6 Å². The minimum Gasteiger partial charge on any atom is -0.338 e. The Kier molecular flexibility index (Phi) is 3.70. The highest BCUT2D eigenvalue weighted by molar-refractivity contribution is 9.09. The SMILES string of the molecule is CC1CN(C(=O)c2ccc3nccnc3c2)CCC1Br. The van der Waals surface area contributed by atoms with Crippen LogP contribution in [0.2, 0.25) is 0 Å². The summed E-state index contributed by atoms with van der Waals surface area (Å²) in [6.07, 6.45) is 4.31. The molecule has 1 amide bonds. The summed E-state index contributed by atoms with van der Waals surface area (Å²) < 4.78 is 0.